The van der Waals surface area contributed by atoms with E-state index in [1.807, 2.05) is 18.2 Å². The summed E-state index contributed by atoms with van der Waals surface area (Å²) in [5.41, 5.74) is 3.88. The highest BCUT2D eigenvalue weighted by molar-refractivity contribution is 6.08. The van der Waals surface area contributed by atoms with Crippen molar-refractivity contribution in [3.63, 3.8) is 0 Å². The van der Waals surface area contributed by atoms with E-state index in [9.17, 15) is 14.4 Å². The Morgan fingerprint density at radius 3 is 2.12 bits per heavy atom. The van der Waals surface area contributed by atoms with Gasteiger partial charge in [0, 0.05) is 35.0 Å². The maximum atomic E-state index is 13.1. The molecule has 3 aromatic carbocycles. The van der Waals surface area contributed by atoms with Gasteiger partial charge in [-0.15, -0.1) is 0 Å². The first-order chi connectivity index (χ1) is 19.8. The molecule has 3 N–H and O–H groups in total. The molecule has 0 unspecified atom stereocenters. The Balaban J connectivity index is 1.42. The van der Waals surface area contributed by atoms with Crippen LogP contribution in [0.1, 0.15) is 37.7 Å². The molecule has 0 aliphatic heterocycles. The fourth-order valence-electron chi connectivity index (χ4n) is 3.93. The minimum Gasteiger partial charge on any atom is -0.497 e. The van der Waals surface area contributed by atoms with Gasteiger partial charge in [-0.3, -0.25) is 14.4 Å². The van der Waals surface area contributed by atoms with E-state index in [0.717, 1.165) is 11.1 Å². The predicted octanol–water partition coefficient (Wildman–Crippen LogP) is 5.02. The second kappa shape index (κ2) is 13.0. The maximum absolute atomic E-state index is 13.1. The van der Waals surface area contributed by atoms with Gasteiger partial charge in [0.25, 0.3) is 11.8 Å². The van der Waals surface area contributed by atoms with E-state index in [-0.39, 0.29) is 17.7 Å². The number of rotatable bonds is 10. The van der Waals surface area contributed by atoms with Crippen molar-refractivity contribution in [2.45, 2.75) is 13.3 Å². The van der Waals surface area contributed by atoms with Gasteiger partial charge in [0.05, 0.1) is 32.3 Å². The minimum atomic E-state index is -0.380. The topological polar surface area (TPSA) is 132 Å². The van der Waals surface area contributed by atoms with E-state index in [2.05, 4.69) is 32.5 Å². The van der Waals surface area contributed by atoms with Crippen molar-refractivity contribution in [3.05, 3.63) is 114 Å². The predicted molar refractivity (Wildman–Crippen MR) is 157 cm³/mol. The molecule has 10 nitrogen and oxygen atoms in total. The summed E-state index contributed by atoms with van der Waals surface area (Å²) >= 11 is 0. The third kappa shape index (κ3) is 7.54. The summed E-state index contributed by atoms with van der Waals surface area (Å²) in [5.74, 6) is 0.470. The summed E-state index contributed by atoms with van der Waals surface area (Å²) in [4.78, 5) is 46.2. The smallest absolute Gasteiger partial charge is 0.256 e. The number of amides is 3. The highest BCUT2D eigenvalue weighted by atomic mass is 16.5. The van der Waals surface area contributed by atoms with Crippen LogP contribution in [0.2, 0.25) is 0 Å². The van der Waals surface area contributed by atoms with E-state index in [1.165, 1.54) is 32.7 Å². The molecule has 0 spiro atoms. The van der Waals surface area contributed by atoms with E-state index < -0.39 is 0 Å². The van der Waals surface area contributed by atoms with Crippen LogP contribution in [-0.2, 0) is 11.2 Å². The molecule has 4 rings (SSSR count). The largest absolute Gasteiger partial charge is 0.497 e. The van der Waals surface area contributed by atoms with Crippen molar-refractivity contribution in [2.24, 2.45) is 0 Å². The lowest BCUT2D eigenvalue weighted by molar-refractivity contribution is -0.111. The third-order valence-corrected chi connectivity index (χ3v) is 6.06. The number of nitrogens with zero attached hydrogens (tertiary/aromatic N) is 2. The van der Waals surface area contributed by atoms with Gasteiger partial charge in [0.1, 0.15) is 17.3 Å². The molecule has 0 aliphatic carbocycles. The Morgan fingerprint density at radius 1 is 0.805 bits per heavy atom. The summed E-state index contributed by atoms with van der Waals surface area (Å²) < 4.78 is 10.5. The van der Waals surface area contributed by atoms with Crippen molar-refractivity contribution in [1.82, 2.24) is 9.97 Å². The number of hydrogen-bond acceptors (Lipinski definition) is 7. The molecule has 3 amide bonds. The summed E-state index contributed by atoms with van der Waals surface area (Å²) in [6.45, 7) is 5.26. The molecular formula is C31H29N5O5. The number of carbonyl (C=O) groups excluding carboxylic acids is 3. The van der Waals surface area contributed by atoms with Crippen LogP contribution in [0.25, 0.3) is 0 Å². The molecule has 0 saturated heterocycles. The molecule has 1 aromatic heterocycles. The standard InChI is InChI=1S/C31H29N5O5/c1-5-29(37)34-22-8-6-7-20(11-22)12-28-32-17-24(18-33-28)36-31(39)27-15-23(10-9-19(27)2)35-30(38)21-13-25(40-3)16-26(14-21)41-4/h5-11,13-18H,1,12H2,2-4H3,(H,34,37)(H,35,38)(H,36,39). The van der Waals surface area contributed by atoms with Gasteiger partial charge in [-0.05, 0) is 60.5 Å². The first-order valence-corrected chi connectivity index (χ1v) is 12.6. The molecule has 0 radical (unpaired) electrons. The lowest BCUT2D eigenvalue weighted by Gasteiger charge is -2.12. The highest BCUT2D eigenvalue weighted by Gasteiger charge is 2.15. The zero-order valence-corrected chi connectivity index (χ0v) is 22.9. The molecule has 0 saturated carbocycles. The van der Waals surface area contributed by atoms with Crippen molar-refractivity contribution in [2.75, 3.05) is 30.2 Å². The molecule has 0 bridgehead atoms. The highest BCUT2D eigenvalue weighted by Crippen LogP contribution is 2.24. The summed E-state index contributed by atoms with van der Waals surface area (Å²) in [5, 5.41) is 8.34. The van der Waals surface area contributed by atoms with Crippen LogP contribution in [0.15, 0.2) is 85.7 Å². The number of ether oxygens (including phenoxy) is 2. The second-order valence-corrected chi connectivity index (χ2v) is 9.00. The lowest BCUT2D eigenvalue weighted by atomic mass is 10.1. The van der Waals surface area contributed by atoms with Crippen LogP contribution >= 0.6 is 0 Å². The number of aromatic nitrogens is 2. The van der Waals surface area contributed by atoms with Gasteiger partial charge in [-0.1, -0.05) is 24.8 Å². The van der Waals surface area contributed by atoms with Crippen molar-refractivity contribution >= 4 is 34.8 Å². The molecule has 4 aromatic rings. The Bertz CT molecular complexity index is 1580. The fraction of sp³-hybridized carbons (Fsp3) is 0.129. The normalized spacial score (nSPS) is 10.3. The average Bonchev–Trinajstić information content (AvgIpc) is 2.98. The van der Waals surface area contributed by atoms with Crippen LogP contribution in [0.4, 0.5) is 17.1 Å². The number of hydrogen-bond donors (Lipinski definition) is 3. The number of methoxy groups -OCH3 is 2. The van der Waals surface area contributed by atoms with Crippen molar-refractivity contribution < 1.29 is 23.9 Å². The Kier molecular flexibility index (Phi) is 9.06. The summed E-state index contributed by atoms with van der Waals surface area (Å²) in [7, 11) is 3.01. The van der Waals surface area contributed by atoms with Gasteiger partial charge < -0.3 is 25.4 Å². The number of carbonyl (C=O) groups is 3. The van der Waals surface area contributed by atoms with Crippen LogP contribution < -0.4 is 25.4 Å². The van der Waals surface area contributed by atoms with E-state index in [0.29, 0.717) is 51.9 Å². The molecule has 10 heteroatoms. The van der Waals surface area contributed by atoms with Gasteiger partial charge in [0.2, 0.25) is 5.91 Å². The number of anilines is 3. The zero-order valence-electron chi connectivity index (χ0n) is 22.9. The zero-order chi connectivity index (χ0) is 29.4. The summed E-state index contributed by atoms with van der Waals surface area (Å²) in [6, 6.07) is 17.3. The quantitative estimate of drug-likeness (QED) is 0.236. The molecule has 1 heterocycles. The molecule has 208 valence electrons. The molecule has 41 heavy (non-hydrogen) atoms. The molecule has 0 aliphatic rings. The Morgan fingerprint density at radius 2 is 1.46 bits per heavy atom. The van der Waals surface area contributed by atoms with Crippen molar-refractivity contribution in [1.29, 1.82) is 0 Å². The van der Waals surface area contributed by atoms with Gasteiger partial charge in [-0.25, -0.2) is 9.97 Å². The van der Waals surface area contributed by atoms with Crippen molar-refractivity contribution in [3.8, 4) is 11.5 Å². The van der Waals surface area contributed by atoms with Gasteiger partial charge in [0.15, 0.2) is 0 Å². The maximum Gasteiger partial charge on any atom is 0.256 e. The first-order valence-electron chi connectivity index (χ1n) is 12.6. The van der Waals surface area contributed by atoms with Crippen LogP contribution in [0, 0.1) is 6.92 Å². The molecule has 0 atom stereocenters. The number of aryl methyl sites for hydroxylation is 1. The fourth-order valence-corrected chi connectivity index (χ4v) is 3.93. The molecular weight excluding hydrogens is 522 g/mol. The van der Waals surface area contributed by atoms with Gasteiger partial charge >= 0.3 is 0 Å². The Hall–Kier alpha value is -5.51. The first kappa shape index (κ1) is 28.5. The second-order valence-electron chi connectivity index (χ2n) is 9.00. The summed E-state index contributed by atoms with van der Waals surface area (Å²) in [6.07, 6.45) is 4.70. The van der Waals surface area contributed by atoms with E-state index in [1.54, 1.807) is 49.4 Å². The lowest BCUT2D eigenvalue weighted by Crippen LogP contribution is -2.16. The van der Waals surface area contributed by atoms with Gasteiger partial charge in [-0.2, -0.15) is 0 Å². The number of benzene rings is 3. The third-order valence-electron chi connectivity index (χ3n) is 6.06. The number of nitrogens with one attached hydrogen (secondary N) is 3. The minimum absolute atomic E-state index is 0.292. The van der Waals surface area contributed by atoms with E-state index in [4.69, 9.17) is 9.47 Å². The Labute approximate surface area is 237 Å². The van der Waals surface area contributed by atoms with E-state index >= 15 is 0 Å². The van der Waals surface area contributed by atoms with Crippen LogP contribution in [0.3, 0.4) is 0 Å². The van der Waals surface area contributed by atoms with Crippen LogP contribution in [-0.4, -0.2) is 41.9 Å². The average molecular weight is 552 g/mol. The van der Waals surface area contributed by atoms with Crippen LogP contribution in [0.5, 0.6) is 11.5 Å². The molecule has 0 fully saturated rings. The monoisotopic (exact) mass is 551 g/mol. The SMILES string of the molecule is C=CC(=O)Nc1cccc(Cc2ncc(NC(=O)c3cc(NC(=O)c4cc(OC)cc(OC)c4)ccc3C)cn2)c1.